The van der Waals surface area contributed by atoms with Crippen LogP contribution in [0.25, 0.3) is 76.2 Å². The molecule has 1 unspecified atom stereocenters. The Morgan fingerprint density at radius 1 is 0.444 bits per heavy atom. The van der Waals surface area contributed by atoms with Crippen LogP contribution in [0.1, 0.15) is 17.9 Å². The topological polar surface area (TPSA) is 16.4 Å². The Morgan fingerprint density at radius 2 is 1.15 bits per heavy atom. The summed E-state index contributed by atoms with van der Waals surface area (Å²) in [6, 6.07) is 62.3. The molecule has 10 aromatic rings. The lowest BCUT2D eigenvalue weighted by atomic mass is 9.91. The Morgan fingerprint density at radius 3 is 1.96 bits per heavy atom. The van der Waals surface area contributed by atoms with E-state index in [1.54, 1.807) is 0 Å². The largest absolute Gasteiger partial charge is 0.456 e. The number of benzene rings is 9. The van der Waals surface area contributed by atoms with Gasteiger partial charge in [-0.05, 0) is 121 Å². The molecule has 0 bridgehead atoms. The Labute approximate surface area is 313 Å². The quantitative estimate of drug-likeness (QED) is 0.167. The molecule has 54 heavy (non-hydrogen) atoms. The van der Waals surface area contributed by atoms with Gasteiger partial charge in [0.1, 0.15) is 11.2 Å². The number of rotatable bonds is 5. The van der Waals surface area contributed by atoms with Gasteiger partial charge < -0.3 is 9.32 Å². The number of hydrogen-bond donors (Lipinski definition) is 0. The highest BCUT2D eigenvalue weighted by Gasteiger charge is 2.20. The summed E-state index contributed by atoms with van der Waals surface area (Å²) < 4.78 is 6.37. The number of para-hydroxylation sites is 1. The van der Waals surface area contributed by atoms with Crippen LogP contribution in [0.5, 0.6) is 0 Å². The summed E-state index contributed by atoms with van der Waals surface area (Å²) in [6.07, 6.45) is 9.89. The minimum Gasteiger partial charge on any atom is -0.456 e. The van der Waals surface area contributed by atoms with Crippen molar-refractivity contribution in [1.29, 1.82) is 0 Å². The summed E-state index contributed by atoms with van der Waals surface area (Å²) in [4.78, 5) is 2.44. The first kappa shape index (κ1) is 30.7. The second-order valence-electron chi connectivity index (χ2n) is 14.5. The molecule has 0 radical (unpaired) electrons. The van der Waals surface area contributed by atoms with E-state index < -0.39 is 0 Å². The van der Waals surface area contributed by atoms with Crippen molar-refractivity contribution in [1.82, 2.24) is 0 Å². The third-order valence-electron chi connectivity index (χ3n) is 11.3. The average molecular weight is 690 g/mol. The van der Waals surface area contributed by atoms with E-state index in [4.69, 9.17) is 4.42 Å². The summed E-state index contributed by atoms with van der Waals surface area (Å²) in [5.74, 6) is 0.384. The second kappa shape index (κ2) is 12.4. The van der Waals surface area contributed by atoms with Crippen molar-refractivity contribution < 1.29 is 4.42 Å². The van der Waals surface area contributed by atoms with Gasteiger partial charge in [0.15, 0.2) is 0 Å². The predicted molar refractivity (Wildman–Crippen MR) is 230 cm³/mol. The lowest BCUT2D eigenvalue weighted by molar-refractivity contribution is 0.669. The van der Waals surface area contributed by atoms with Gasteiger partial charge in [-0.1, -0.05) is 133 Å². The van der Waals surface area contributed by atoms with Crippen molar-refractivity contribution in [2.45, 2.75) is 12.3 Å². The van der Waals surface area contributed by atoms with E-state index >= 15 is 0 Å². The molecule has 2 nitrogen and oxygen atoms in total. The molecule has 0 saturated carbocycles. The Hall–Kier alpha value is -6.90. The number of fused-ring (bicyclic) bond motifs is 8. The summed E-state index contributed by atoms with van der Waals surface area (Å²) >= 11 is 0. The Bertz CT molecular complexity index is 3140. The zero-order valence-corrected chi connectivity index (χ0v) is 29.6. The number of allylic oxidation sites excluding steroid dienone is 4. The fourth-order valence-corrected chi connectivity index (χ4v) is 8.64. The number of anilines is 3. The molecule has 1 heterocycles. The van der Waals surface area contributed by atoms with Gasteiger partial charge in [-0.15, -0.1) is 0 Å². The molecule has 11 rings (SSSR count). The second-order valence-corrected chi connectivity index (χ2v) is 14.5. The summed E-state index contributed by atoms with van der Waals surface area (Å²) in [5.41, 5.74) is 8.91. The molecule has 0 N–H and O–H groups in total. The van der Waals surface area contributed by atoms with Crippen LogP contribution in [-0.4, -0.2) is 0 Å². The molecule has 0 aliphatic heterocycles. The van der Waals surface area contributed by atoms with Crippen molar-refractivity contribution in [3.05, 3.63) is 200 Å². The van der Waals surface area contributed by atoms with Gasteiger partial charge in [-0.3, -0.25) is 0 Å². The Balaban J connectivity index is 1.15. The molecular formula is C52H35NO. The SMILES string of the molecule is C1=CCC(c2ccc(N(c3ccc4cc5c(cc4c3)oc3ccccc35)c3cc(-c4cc5ccccc5c5ccccc45)cc4ccccc34)cc2)C=C1. The van der Waals surface area contributed by atoms with E-state index in [0.29, 0.717) is 5.92 Å². The lowest BCUT2D eigenvalue weighted by Gasteiger charge is -2.28. The molecule has 1 aliphatic carbocycles. The van der Waals surface area contributed by atoms with E-state index in [9.17, 15) is 0 Å². The highest BCUT2D eigenvalue weighted by atomic mass is 16.3. The first-order chi connectivity index (χ1) is 26.7. The molecule has 0 fully saturated rings. The first-order valence-electron chi connectivity index (χ1n) is 18.8. The van der Waals surface area contributed by atoms with Crippen LogP contribution in [0.4, 0.5) is 17.1 Å². The van der Waals surface area contributed by atoms with Gasteiger partial charge in [-0.2, -0.15) is 0 Å². The molecule has 2 heteroatoms. The molecule has 9 aromatic carbocycles. The highest BCUT2D eigenvalue weighted by Crippen LogP contribution is 2.45. The summed E-state index contributed by atoms with van der Waals surface area (Å²) in [5, 5.41) is 12.1. The minimum atomic E-state index is 0.384. The minimum absolute atomic E-state index is 0.384. The molecule has 1 aliphatic rings. The van der Waals surface area contributed by atoms with Crippen LogP contribution in [0.15, 0.2) is 199 Å². The molecule has 0 amide bonds. The van der Waals surface area contributed by atoms with Crippen LogP contribution < -0.4 is 4.90 Å². The van der Waals surface area contributed by atoms with Gasteiger partial charge in [-0.25, -0.2) is 0 Å². The van der Waals surface area contributed by atoms with Crippen LogP contribution in [0, 0.1) is 0 Å². The smallest absolute Gasteiger partial charge is 0.136 e. The monoisotopic (exact) mass is 689 g/mol. The molecule has 0 saturated heterocycles. The highest BCUT2D eigenvalue weighted by molar-refractivity contribution is 6.15. The molecule has 1 aromatic heterocycles. The van der Waals surface area contributed by atoms with Gasteiger partial charge in [0.05, 0.1) is 5.69 Å². The van der Waals surface area contributed by atoms with Gasteiger partial charge in [0, 0.05) is 33.5 Å². The number of nitrogens with zero attached hydrogens (tertiary/aromatic N) is 1. The zero-order chi connectivity index (χ0) is 35.6. The molecule has 1 atom stereocenters. The standard InChI is InChI=1S/C52H35NO/c1-2-12-34(13-3-1)35-22-25-41(26-23-35)53(42-27-24-36-30-49-47-20-10-11-21-51(47)54-52(49)33-39(36)29-42)50-32-40(28-37-14-5-7-17-44(37)50)48-31-38-15-4-6-16-43(38)45-18-8-9-19-46(45)48/h1-12,14-34H,13H2. The van der Waals surface area contributed by atoms with E-state index in [1.807, 2.05) is 12.1 Å². The molecular weight excluding hydrogens is 655 g/mol. The van der Waals surface area contributed by atoms with Crippen molar-refractivity contribution >= 4 is 82.1 Å². The third kappa shape index (κ3) is 5.03. The van der Waals surface area contributed by atoms with Crippen molar-refractivity contribution in [2.75, 3.05) is 4.90 Å². The summed E-state index contributed by atoms with van der Waals surface area (Å²) in [7, 11) is 0. The zero-order valence-electron chi connectivity index (χ0n) is 29.6. The van der Waals surface area contributed by atoms with Crippen molar-refractivity contribution in [2.24, 2.45) is 0 Å². The van der Waals surface area contributed by atoms with E-state index in [1.165, 1.54) is 54.4 Å². The normalized spacial score (nSPS) is 14.3. The van der Waals surface area contributed by atoms with E-state index in [-0.39, 0.29) is 0 Å². The van der Waals surface area contributed by atoms with Crippen molar-refractivity contribution in [3.63, 3.8) is 0 Å². The van der Waals surface area contributed by atoms with Crippen LogP contribution in [-0.2, 0) is 0 Å². The maximum Gasteiger partial charge on any atom is 0.136 e. The van der Waals surface area contributed by atoms with Crippen LogP contribution >= 0.6 is 0 Å². The average Bonchev–Trinajstić information content (AvgIpc) is 3.60. The fraction of sp³-hybridized carbons (Fsp3) is 0.0385. The van der Waals surface area contributed by atoms with Gasteiger partial charge in [0.2, 0.25) is 0 Å². The molecule has 0 spiro atoms. The first-order valence-corrected chi connectivity index (χ1v) is 18.8. The molecule has 254 valence electrons. The van der Waals surface area contributed by atoms with E-state index in [2.05, 4.69) is 187 Å². The van der Waals surface area contributed by atoms with Gasteiger partial charge >= 0.3 is 0 Å². The Kier molecular flexibility index (Phi) is 7.03. The maximum absolute atomic E-state index is 6.37. The number of hydrogen-bond acceptors (Lipinski definition) is 2. The summed E-state index contributed by atoms with van der Waals surface area (Å²) in [6.45, 7) is 0. The maximum atomic E-state index is 6.37. The van der Waals surface area contributed by atoms with Crippen LogP contribution in [0.2, 0.25) is 0 Å². The number of furan rings is 1. The van der Waals surface area contributed by atoms with E-state index in [0.717, 1.165) is 50.8 Å². The fourth-order valence-electron chi connectivity index (χ4n) is 8.64. The van der Waals surface area contributed by atoms with Crippen molar-refractivity contribution in [3.8, 4) is 11.1 Å². The lowest BCUT2D eigenvalue weighted by Crippen LogP contribution is -2.11. The van der Waals surface area contributed by atoms with Gasteiger partial charge in [0.25, 0.3) is 0 Å². The third-order valence-corrected chi connectivity index (χ3v) is 11.3. The van der Waals surface area contributed by atoms with Crippen LogP contribution in [0.3, 0.4) is 0 Å². The predicted octanol–water partition coefficient (Wildman–Crippen LogP) is 14.9.